The molecule has 1 aromatic rings. The van der Waals surface area contributed by atoms with Crippen LogP contribution >= 0.6 is 0 Å². The van der Waals surface area contributed by atoms with Crippen LogP contribution in [-0.2, 0) is 4.79 Å². The van der Waals surface area contributed by atoms with Crippen LogP contribution in [0.25, 0.3) is 0 Å². The van der Waals surface area contributed by atoms with Crippen LogP contribution in [0.4, 0.5) is 5.82 Å². The summed E-state index contributed by atoms with van der Waals surface area (Å²) in [7, 11) is 1.80. The minimum absolute atomic E-state index is 0.0255. The van der Waals surface area contributed by atoms with Crippen LogP contribution in [-0.4, -0.2) is 53.5 Å². The maximum Gasteiger partial charge on any atom is 0.308 e. The third kappa shape index (κ3) is 4.43. The van der Waals surface area contributed by atoms with Crippen molar-refractivity contribution >= 4 is 17.7 Å². The van der Waals surface area contributed by atoms with Gasteiger partial charge in [0.2, 0.25) is 0 Å². The molecule has 0 spiro atoms. The van der Waals surface area contributed by atoms with Crippen molar-refractivity contribution in [3.63, 3.8) is 0 Å². The van der Waals surface area contributed by atoms with E-state index < -0.39 is 11.9 Å². The molecule has 1 amide bonds. The molecule has 1 fully saturated rings. The molecule has 1 N–H and O–H groups in total. The predicted octanol–water partition coefficient (Wildman–Crippen LogP) is 2.11. The Hall–Kier alpha value is -2.11. The van der Waals surface area contributed by atoms with Crippen molar-refractivity contribution in [2.75, 3.05) is 31.6 Å². The third-order valence-electron chi connectivity index (χ3n) is 4.43. The highest BCUT2D eigenvalue weighted by Crippen LogP contribution is 2.19. The molecular formula is C17H25N3O3. The minimum Gasteiger partial charge on any atom is -0.481 e. The molecule has 0 aromatic carbocycles. The zero-order valence-electron chi connectivity index (χ0n) is 14.0. The Kier molecular flexibility index (Phi) is 5.58. The van der Waals surface area contributed by atoms with Crippen molar-refractivity contribution < 1.29 is 14.7 Å². The van der Waals surface area contributed by atoms with E-state index in [9.17, 15) is 9.59 Å². The highest BCUT2D eigenvalue weighted by molar-refractivity contribution is 5.94. The lowest BCUT2D eigenvalue weighted by atomic mass is 9.99. The Morgan fingerprint density at radius 1 is 1.39 bits per heavy atom. The van der Waals surface area contributed by atoms with Crippen molar-refractivity contribution in [2.45, 2.75) is 26.7 Å². The van der Waals surface area contributed by atoms with Gasteiger partial charge >= 0.3 is 5.97 Å². The molecule has 126 valence electrons. The van der Waals surface area contributed by atoms with Gasteiger partial charge < -0.3 is 14.9 Å². The number of nitrogens with zero attached hydrogens (tertiary/aromatic N) is 3. The van der Waals surface area contributed by atoms with Gasteiger partial charge in [0.05, 0.1) is 11.5 Å². The number of carbonyl (C=O) groups excluding carboxylic acids is 1. The number of piperidine rings is 1. The van der Waals surface area contributed by atoms with E-state index in [1.807, 2.05) is 4.90 Å². The number of carboxylic acids is 1. The molecule has 23 heavy (non-hydrogen) atoms. The van der Waals surface area contributed by atoms with Gasteiger partial charge in [0.15, 0.2) is 0 Å². The van der Waals surface area contributed by atoms with Crippen LogP contribution in [0, 0.1) is 11.8 Å². The molecule has 0 bridgehead atoms. The summed E-state index contributed by atoms with van der Waals surface area (Å²) in [6, 6.07) is 3.54. The number of aromatic nitrogens is 1. The topological polar surface area (TPSA) is 73.7 Å². The van der Waals surface area contributed by atoms with Gasteiger partial charge in [0.1, 0.15) is 5.82 Å². The molecule has 2 heterocycles. The van der Waals surface area contributed by atoms with Gasteiger partial charge in [-0.25, -0.2) is 4.98 Å². The second-order valence-corrected chi connectivity index (χ2v) is 6.50. The standard InChI is InChI=1S/C17H25N3O3/c1-12-6-8-20(9-7-12)16(21)14-4-5-15(18-10-14)19(3)11-13(2)17(22)23/h4-5,10,12-13H,6-9,11H2,1-3H3,(H,22,23). The summed E-state index contributed by atoms with van der Waals surface area (Å²) in [5.41, 5.74) is 0.586. The second kappa shape index (κ2) is 7.44. The van der Waals surface area contributed by atoms with Gasteiger partial charge in [-0.15, -0.1) is 0 Å². The van der Waals surface area contributed by atoms with E-state index in [0.29, 0.717) is 23.8 Å². The van der Waals surface area contributed by atoms with Crippen LogP contribution in [0.3, 0.4) is 0 Å². The lowest BCUT2D eigenvalue weighted by molar-refractivity contribution is -0.140. The number of likely N-dealkylation sites (tertiary alicyclic amines) is 1. The molecule has 6 nitrogen and oxygen atoms in total. The first kappa shape index (κ1) is 17.2. The Morgan fingerprint density at radius 3 is 2.57 bits per heavy atom. The normalized spacial score (nSPS) is 16.9. The quantitative estimate of drug-likeness (QED) is 0.900. The van der Waals surface area contributed by atoms with Gasteiger partial charge in [-0.1, -0.05) is 13.8 Å². The Balaban J connectivity index is 1.98. The zero-order chi connectivity index (χ0) is 17.0. The number of carbonyl (C=O) groups is 2. The first-order valence-corrected chi connectivity index (χ1v) is 8.07. The van der Waals surface area contributed by atoms with E-state index in [-0.39, 0.29) is 5.91 Å². The number of amides is 1. The summed E-state index contributed by atoms with van der Waals surface area (Å²) < 4.78 is 0. The van der Waals surface area contributed by atoms with Crippen molar-refractivity contribution in [3.05, 3.63) is 23.9 Å². The second-order valence-electron chi connectivity index (χ2n) is 6.50. The summed E-state index contributed by atoms with van der Waals surface area (Å²) in [6.07, 6.45) is 3.68. The van der Waals surface area contributed by atoms with E-state index in [1.165, 1.54) is 0 Å². The van der Waals surface area contributed by atoms with E-state index in [4.69, 9.17) is 5.11 Å². The van der Waals surface area contributed by atoms with Crippen molar-refractivity contribution in [1.29, 1.82) is 0 Å². The average molecular weight is 319 g/mol. The molecule has 1 unspecified atom stereocenters. The van der Waals surface area contributed by atoms with E-state index in [0.717, 1.165) is 25.9 Å². The monoisotopic (exact) mass is 319 g/mol. The van der Waals surface area contributed by atoms with E-state index in [2.05, 4.69) is 11.9 Å². The van der Waals surface area contributed by atoms with Crippen LogP contribution in [0.5, 0.6) is 0 Å². The minimum atomic E-state index is -0.831. The van der Waals surface area contributed by atoms with Crippen LogP contribution < -0.4 is 4.90 Å². The van der Waals surface area contributed by atoms with Crippen molar-refractivity contribution in [2.24, 2.45) is 11.8 Å². The van der Waals surface area contributed by atoms with Crippen LogP contribution in [0.2, 0.25) is 0 Å². The number of rotatable bonds is 5. The van der Waals surface area contributed by atoms with Crippen molar-refractivity contribution in [1.82, 2.24) is 9.88 Å². The van der Waals surface area contributed by atoms with Gasteiger partial charge in [-0.3, -0.25) is 9.59 Å². The number of hydrogen-bond donors (Lipinski definition) is 1. The molecule has 2 rings (SSSR count). The molecule has 1 aromatic heterocycles. The van der Waals surface area contributed by atoms with E-state index in [1.54, 1.807) is 37.2 Å². The number of anilines is 1. The summed E-state index contributed by atoms with van der Waals surface area (Å²) in [4.78, 5) is 31.3. The molecule has 0 radical (unpaired) electrons. The fourth-order valence-electron chi connectivity index (χ4n) is 2.72. The van der Waals surface area contributed by atoms with Crippen LogP contribution in [0.15, 0.2) is 18.3 Å². The largest absolute Gasteiger partial charge is 0.481 e. The third-order valence-corrected chi connectivity index (χ3v) is 4.43. The van der Waals surface area contributed by atoms with Gasteiger partial charge in [0.25, 0.3) is 5.91 Å². The zero-order valence-corrected chi connectivity index (χ0v) is 14.0. The molecule has 6 heteroatoms. The summed E-state index contributed by atoms with van der Waals surface area (Å²) >= 11 is 0. The Morgan fingerprint density at radius 2 is 2.04 bits per heavy atom. The average Bonchev–Trinajstić information content (AvgIpc) is 2.55. The predicted molar refractivity (Wildman–Crippen MR) is 88.6 cm³/mol. The maximum atomic E-state index is 12.4. The molecule has 1 atom stereocenters. The van der Waals surface area contributed by atoms with Crippen molar-refractivity contribution in [3.8, 4) is 0 Å². The van der Waals surface area contributed by atoms with Gasteiger partial charge in [-0.2, -0.15) is 0 Å². The Bertz CT molecular complexity index is 551. The first-order chi connectivity index (χ1) is 10.9. The van der Waals surface area contributed by atoms with Gasteiger partial charge in [0, 0.05) is 32.9 Å². The summed E-state index contributed by atoms with van der Waals surface area (Å²) in [6.45, 7) is 5.86. The lowest BCUT2D eigenvalue weighted by Gasteiger charge is -2.30. The van der Waals surface area contributed by atoms with Gasteiger partial charge in [-0.05, 0) is 30.9 Å². The molecular weight excluding hydrogens is 294 g/mol. The molecule has 1 aliphatic rings. The first-order valence-electron chi connectivity index (χ1n) is 8.07. The molecule has 1 aliphatic heterocycles. The molecule has 0 saturated carbocycles. The fourth-order valence-corrected chi connectivity index (χ4v) is 2.72. The van der Waals surface area contributed by atoms with E-state index >= 15 is 0 Å². The van der Waals surface area contributed by atoms with Crippen LogP contribution in [0.1, 0.15) is 37.0 Å². The maximum absolute atomic E-state index is 12.4. The molecule has 0 aliphatic carbocycles. The number of carboxylic acid groups (broad SMARTS) is 1. The smallest absolute Gasteiger partial charge is 0.308 e. The summed E-state index contributed by atoms with van der Waals surface area (Å²) in [5, 5.41) is 8.96. The molecule has 1 saturated heterocycles. The highest BCUT2D eigenvalue weighted by atomic mass is 16.4. The fraction of sp³-hybridized carbons (Fsp3) is 0.588. The number of aliphatic carboxylic acids is 1. The lowest BCUT2D eigenvalue weighted by Crippen LogP contribution is -2.38. The Labute approximate surface area is 137 Å². The SMILES string of the molecule is CC1CCN(C(=O)c2ccc(N(C)CC(C)C(=O)O)nc2)CC1. The highest BCUT2D eigenvalue weighted by Gasteiger charge is 2.22. The summed E-state index contributed by atoms with van der Waals surface area (Å²) in [5.74, 6) is 0.0743. The number of pyridine rings is 1. The number of hydrogen-bond acceptors (Lipinski definition) is 4.